The third kappa shape index (κ3) is 3.87. The highest BCUT2D eigenvalue weighted by atomic mass is 16.5. The number of nitrogens with one attached hydrogen (secondary N) is 1. The molecule has 1 saturated heterocycles. The normalized spacial score (nSPS) is 14.7. The summed E-state index contributed by atoms with van der Waals surface area (Å²) >= 11 is 0. The molecule has 4 rings (SSSR count). The SMILES string of the molecule is COc1ccc2oc(C(=O)N3CCC(C(=O)Nc4cc(C)ccn4)CC3)c(C)c2c1. The lowest BCUT2D eigenvalue weighted by Gasteiger charge is -2.30. The summed E-state index contributed by atoms with van der Waals surface area (Å²) < 4.78 is 11.1. The number of hydrogen-bond acceptors (Lipinski definition) is 5. The van der Waals surface area contributed by atoms with E-state index in [2.05, 4.69) is 10.3 Å². The number of likely N-dealkylation sites (tertiary alicyclic amines) is 1. The Morgan fingerprint density at radius 1 is 1.17 bits per heavy atom. The van der Waals surface area contributed by atoms with Crippen LogP contribution in [0, 0.1) is 19.8 Å². The number of aromatic nitrogens is 1. The van der Waals surface area contributed by atoms with Crippen molar-refractivity contribution in [3.05, 3.63) is 53.4 Å². The fourth-order valence-electron chi connectivity index (χ4n) is 3.85. The fraction of sp³-hybridized carbons (Fsp3) is 0.348. The number of methoxy groups -OCH3 is 1. The second kappa shape index (κ2) is 8.18. The molecule has 0 radical (unpaired) electrons. The van der Waals surface area contributed by atoms with Crippen molar-refractivity contribution in [2.45, 2.75) is 26.7 Å². The molecule has 1 aromatic carbocycles. The second-order valence-electron chi connectivity index (χ2n) is 7.69. The molecule has 0 spiro atoms. The highest BCUT2D eigenvalue weighted by molar-refractivity contribution is 5.99. The Morgan fingerprint density at radius 2 is 1.93 bits per heavy atom. The maximum atomic E-state index is 13.0. The predicted molar refractivity (Wildman–Crippen MR) is 114 cm³/mol. The summed E-state index contributed by atoms with van der Waals surface area (Å²) in [5, 5.41) is 3.75. The molecule has 7 nitrogen and oxygen atoms in total. The van der Waals surface area contributed by atoms with E-state index in [-0.39, 0.29) is 17.7 Å². The summed E-state index contributed by atoms with van der Waals surface area (Å²) in [5.74, 6) is 1.31. The number of amides is 2. The van der Waals surface area contributed by atoms with Gasteiger partial charge in [0.1, 0.15) is 17.2 Å². The molecule has 1 fully saturated rings. The molecule has 2 amide bonds. The highest BCUT2D eigenvalue weighted by Crippen LogP contribution is 2.30. The van der Waals surface area contributed by atoms with Crippen LogP contribution in [0.2, 0.25) is 0 Å². The van der Waals surface area contributed by atoms with Gasteiger partial charge in [-0.2, -0.15) is 0 Å². The molecule has 1 aliphatic heterocycles. The van der Waals surface area contributed by atoms with Gasteiger partial charge in [0.15, 0.2) is 5.76 Å². The molecule has 1 N–H and O–H groups in total. The largest absolute Gasteiger partial charge is 0.497 e. The fourth-order valence-corrected chi connectivity index (χ4v) is 3.85. The molecule has 30 heavy (non-hydrogen) atoms. The molecular weight excluding hydrogens is 382 g/mol. The van der Waals surface area contributed by atoms with Crippen LogP contribution in [0.1, 0.15) is 34.5 Å². The van der Waals surface area contributed by atoms with E-state index in [1.54, 1.807) is 18.2 Å². The molecule has 0 unspecified atom stereocenters. The topological polar surface area (TPSA) is 84.7 Å². The van der Waals surface area contributed by atoms with E-state index in [0.717, 1.165) is 22.3 Å². The van der Waals surface area contributed by atoms with Gasteiger partial charge in [-0.25, -0.2) is 4.98 Å². The van der Waals surface area contributed by atoms with Crippen molar-refractivity contribution in [2.24, 2.45) is 5.92 Å². The number of fused-ring (bicyclic) bond motifs is 1. The number of ether oxygens (including phenoxy) is 1. The monoisotopic (exact) mass is 407 g/mol. The summed E-state index contributed by atoms with van der Waals surface area (Å²) in [4.78, 5) is 31.6. The van der Waals surface area contributed by atoms with Crippen LogP contribution in [0.3, 0.4) is 0 Å². The van der Waals surface area contributed by atoms with Crippen molar-refractivity contribution in [2.75, 3.05) is 25.5 Å². The van der Waals surface area contributed by atoms with Crippen LogP contribution in [-0.4, -0.2) is 41.9 Å². The number of benzene rings is 1. The van der Waals surface area contributed by atoms with Gasteiger partial charge < -0.3 is 19.4 Å². The average Bonchev–Trinajstić information content (AvgIpc) is 3.09. The van der Waals surface area contributed by atoms with Crippen LogP contribution < -0.4 is 10.1 Å². The molecule has 3 heterocycles. The molecule has 0 bridgehead atoms. The van der Waals surface area contributed by atoms with Crippen LogP contribution in [0.4, 0.5) is 5.82 Å². The first kappa shape index (κ1) is 19.9. The number of anilines is 1. The summed E-state index contributed by atoms with van der Waals surface area (Å²) in [7, 11) is 1.61. The molecular formula is C23H25N3O4. The minimum atomic E-state index is -0.141. The Bertz CT molecular complexity index is 1100. The van der Waals surface area contributed by atoms with Crippen molar-refractivity contribution < 1.29 is 18.7 Å². The van der Waals surface area contributed by atoms with E-state index in [1.807, 2.05) is 44.2 Å². The van der Waals surface area contributed by atoms with Crippen molar-refractivity contribution in [3.63, 3.8) is 0 Å². The van der Waals surface area contributed by atoms with Gasteiger partial charge >= 0.3 is 0 Å². The van der Waals surface area contributed by atoms with Crippen LogP contribution in [-0.2, 0) is 4.79 Å². The van der Waals surface area contributed by atoms with Crippen molar-refractivity contribution >= 4 is 28.6 Å². The van der Waals surface area contributed by atoms with Crippen LogP contribution in [0.25, 0.3) is 11.0 Å². The Balaban J connectivity index is 1.41. The van der Waals surface area contributed by atoms with Gasteiger partial charge in [-0.1, -0.05) is 0 Å². The van der Waals surface area contributed by atoms with Gasteiger partial charge in [0.2, 0.25) is 5.91 Å². The maximum absolute atomic E-state index is 13.0. The number of nitrogens with zero attached hydrogens (tertiary/aromatic N) is 2. The summed E-state index contributed by atoms with van der Waals surface area (Å²) in [6.45, 7) is 4.86. The van der Waals surface area contributed by atoms with Gasteiger partial charge in [0.05, 0.1) is 7.11 Å². The van der Waals surface area contributed by atoms with Crippen LogP contribution in [0.15, 0.2) is 40.9 Å². The van der Waals surface area contributed by atoms with E-state index in [4.69, 9.17) is 9.15 Å². The molecule has 0 atom stereocenters. The molecule has 0 saturated carbocycles. The number of rotatable bonds is 4. The molecule has 7 heteroatoms. The molecule has 2 aromatic heterocycles. The number of furan rings is 1. The lowest BCUT2D eigenvalue weighted by molar-refractivity contribution is -0.121. The maximum Gasteiger partial charge on any atom is 0.289 e. The number of pyridine rings is 1. The first-order valence-electron chi connectivity index (χ1n) is 10.1. The minimum absolute atomic E-state index is 0.0489. The number of aryl methyl sites for hydroxylation is 2. The Morgan fingerprint density at radius 3 is 2.63 bits per heavy atom. The van der Waals surface area contributed by atoms with Crippen molar-refractivity contribution in [3.8, 4) is 5.75 Å². The van der Waals surface area contributed by atoms with Gasteiger partial charge in [-0.3, -0.25) is 9.59 Å². The first-order chi connectivity index (χ1) is 14.5. The number of hydrogen-bond donors (Lipinski definition) is 1. The lowest BCUT2D eigenvalue weighted by Crippen LogP contribution is -2.41. The molecule has 156 valence electrons. The zero-order valence-corrected chi connectivity index (χ0v) is 17.4. The number of carbonyl (C=O) groups excluding carboxylic acids is 2. The second-order valence-corrected chi connectivity index (χ2v) is 7.69. The first-order valence-corrected chi connectivity index (χ1v) is 10.1. The van der Waals surface area contributed by atoms with Crippen LogP contribution in [0.5, 0.6) is 5.75 Å². The minimum Gasteiger partial charge on any atom is -0.497 e. The van der Waals surface area contributed by atoms with E-state index in [1.165, 1.54) is 0 Å². The van der Waals surface area contributed by atoms with Crippen LogP contribution >= 0.6 is 0 Å². The third-order valence-electron chi connectivity index (χ3n) is 5.66. The lowest BCUT2D eigenvalue weighted by atomic mass is 9.95. The molecule has 0 aliphatic carbocycles. The summed E-state index contributed by atoms with van der Waals surface area (Å²) in [5.41, 5.74) is 2.51. The van der Waals surface area contributed by atoms with Gasteiger partial charge in [0, 0.05) is 36.2 Å². The van der Waals surface area contributed by atoms with Gasteiger partial charge in [0.25, 0.3) is 5.91 Å². The van der Waals surface area contributed by atoms with E-state index in [0.29, 0.717) is 43.1 Å². The summed E-state index contributed by atoms with van der Waals surface area (Å²) in [6, 6.07) is 9.23. The van der Waals surface area contributed by atoms with E-state index >= 15 is 0 Å². The highest BCUT2D eigenvalue weighted by Gasteiger charge is 2.30. The number of piperidine rings is 1. The summed E-state index contributed by atoms with van der Waals surface area (Å²) in [6.07, 6.45) is 2.89. The standard InChI is InChI=1S/C23H25N3O4/c1-14-6-9-24-20(12-14)25-22(27)16-7-10-26(11-8-16)23(28)21-15(2)18-13-17(29-3)4-5-19(18)30-21/h4-6,9,12-13,16H,7-8,10-11H2,1-3H3,(H,24,25,27). The Kier molecular flexibility index (Phi) is 5.44. The van der Waals surface area contributed by atoms with Gasteiger partial charge in [-0.15, -0.1) is 0 Å². The van der Waals surface area contributed by atoms with Gasteiger partial charge in [-0.05, 0) is 62.6 Å². The quantitative estimate of drug-likeness (QED) is 0.708. The average molecular weight is 407 g/mol. The zero-order chi connectivity index (χ0) is 21.3. The zero-order valence-electron chi connectivity index (χ0n) is 17.4. The predicted octanol–water partition coefficient (Wildman–Crippen LogP) is 3.94. The van der Waals surface area contributed by atoms with E-state index < -0.39 is 0 Å². The smallest absolute Gasteiger partial charge is 0.289 e. The Labute approximate surface area is 175 Å². The number of carbonyl (C=O) groups is 2. The molecule has 3 aromatic rings. The molecule has 1 aliphatic rings. The van der Waals surface area contributed by atoms with Crippen molar-refractivity contribution in [1.82, 2.24) is 9.88 Å². The Hall–Kier alpha value is -3.35. The van der Waals surface area contributed by atoms with Crippen molar-refractivity contribution in [1.29, 1.82) is 0 Å². The van der Waals surface area contributed by atoms with E-state index in [9.17, 15) is 9.59 Å². The third-order valence-corrected chi connectivity index (χ3v) is 5.66.